The number of aromatic hydroxyl groups is 3. The van der Waals surface area contributed by atoms with Crippen LogP contribution < -0.4 is 5.56 Å². The third-order valence-corrected chi connectivity index (χ3v) is 10.1. The number of aromatic nitrogens is 1. The van der Waals surface area contributed by atoms with Crippen molar-refractivity contribution in [3.63, 3.8) is 0 Å². The molecule has 47 heavy (non-hydrogen) atoms. The third kappa shape index (κ3) is 4.29. The number of carbonyl (C=O) groups excluding carboxylic acids is 4. The molecule has 1 aromatic heterocycles. The SMILES string of the molecule is COC1=CC(=O)c2c(O)c3c(c(O)c2C1=O)C(=O)[C@]1(CCc2c1c(O)c1c(=O)[nH]c(/C=N/OCCN4CCOCC4)cc1c2Br)C3=O. The van der Waals surface area contributed by atoms with Gasteiger partial charge in [0.25, 0.3) is 5.56 Å². The van der Waals surface area contributed by atoms with E-state index in [1.165, 1.54) is 6.21 Å². The number of pyridine rings is 1. The number of ketones is 4. The molecule has 4 N–H and O–H groups in total. The molecular weight excluding hydrogens is 682 g/mol. The number of halogens is 1. The Balaban J connectivity index is 1.29. The first-order valence-electron chi connectivity index (χ1n) is 14.6. The van der Waals surface area contributed by atoms with Gasteiger partial charge >= 0.3 is 0 Å². The van der Waals surface area contributed by atoms with Gasteiger partial charge in [-0.3, -0.25) is 28.9 Å². The fourth-order valence-corrected chi connectivity index (χ4v) is 7.72. The Morgan fingerprint density at radius 1 is 1.02 bits per heavy atom. The van der Waals surface area contributed by atoms with Gasteiger partial charge in [0.05, 0.1) is 59.9 Å². The van der Waals surface area contributed by atoms with Crippen molar-refractivity contribution in [1.29, 1.82) is 0 Å². The number of methoxy groups -OCH3 is 1. The van der Waals surface area contributed by atoms with Gasteiger partial charge in [0.2, 0.25) is 5.78 Å². The van der Waals surface area contributed by atoms with Crippen LogP contribution in [-0.2, 0) is 26.1 Å². The van der Waals surface area contributed by atoms with Crippen LogP contribution in [0.4, 0.5) is 0 Å². The Bertz CT molecular complexity index is 2090. The maximum atomic E-state index is 14.2. The maximum absolute atomic E-state index is 14.2. The average molecular weight is 708 g/mol. The number of hydrogen-bond donors (Lipinski definition) is 4. The van der Waals surface area contributed by atoms with Gasteiger partial charge in [-0.15, -0.1) is 0 Å². The molecule has 1 fully saturated rings. The van der Waals surface area contributed by atoms with E-state index < -0.39 is 79.4 Å². The smallest absolute Gasteiger partial charge is 0.260 e. The van der Waals surface area contributed by atoms with E-state index in [9.17, 15) is 39.3 Å². The Morgan fingerprint density at radius 2 is 1.70 bits per heavy atom. The highest BCUT2D eigenvalue weighted by Gasteiger charge is 2.62. The first-order valence-corrected chi connectivity index (χ1v) is 15.4. The molecule has 3 aliphatic carbocycles. The Kier molecular flexibility index (Phi) is 7.29. The lowest BCUT2D eigenvalue weighted by atomic mass is 9.76. The van der Waals surface area contributed by atoms with E-state index in [4.69, 9.17) is 14.3 Å². The number of nitrogens with one attached hydrogen (secondary N) is 1. The second-order valence-corrected chi connectivity index (χ2v) is 12.3. The van der Waals surface area contributed by atoms with Crippen LogP contribution >= 0.6 is 15.9 Å². The molecule has 1 spiro atoms. The zero-order valence-corrected chi connectivity index (χ0v) is 26.4. The van der Waals surface area contributed by atoms with Crippen LogP contribution in [0.15, 0.2) is 32.3 Å². The molecule has 0 saturated carbocycles. The number of phenols is 3. The van der Waals surface area contributed by atoms with E-state index >= 15 is 0 Å². The summed E-state index contributed by atoms with van der Waals surface area (Å²) >= 11 is 3.50. The van der Waals surface area contributed by atoms with Gasteiger partial charge in [0.15, 0.2) is 23.1 Å². The van der Waals surface area contributed by atoms with Crippen molar-refractivity contribution in [2.75, 3.05) is 46.6 Å². The minimum absolute atomic E-state index is 0.0836. The number of allylic oxidation sites excluding steroid dienone is 2. The molecule has 4 aliphatic rings. The monoisotopic (exact) mass is 707 g/mol. The van der Waals surface area contributed by atoms with E-state index in [0.717, 1.165) is 26.3 Å². The number of Topliss-reactive ketones (excluding diaryl/α,β-unsaturated/α-hetero) is 3. The summed E-state index contributed by atoms with van der Waals surface area (Å²) in [6.07, 6.45) is 2.03. The first kappa shape index (κ1) is 30.8. The number of benzene rings is 2. The highest BCUT2D eigenvalue weighted by Crippen LogP contribution is 2.58. The topological polar surface area (TPSA) is 205 Å². The average Bonchev–Trinajstić information content (AvgIpc) is 3.57. The maximum Gasteiger partial charge on any atom is 0.260 e. The van der Waals surface area contributed by atoms with Crippen LogP contribution in [0.5, 0.6) is 17.2 Å². The molecule has 0 bridgehead atoms. The van der Waals surface area contributed by atoms with Crippen molar-refractivity contribution in [3.8, 4) is 17.2 Å². The van der Waals surface area contributed by atoms with E-state index in [2.05, 4.69) is 31.0 Å². The summed E-state index contributed by atoms with van der Waals surface area (Å²) in [6.45, 7) is 3.89. The Morgan fingerprint density at radius 3 is 2.38 bits per heavy atom. The number of ether oxygens (including phenoxy) is 2. The van der Waals surface area contributed by atoms with Crippen molar-refractivity contribution in [2.45, 2.75) is 18.3 Å². The van der Waals surface area contributed by atoms with E-state index in [1.54, 1.807) is 6.07 Å². The van der Waals surface area contributed by atoms with Crippen molar-refractivity contribution in [3.05, 3.63) is 71.8 Å². The minimum atomic E-state index is -2.15. The largest absolute Gasteiger partial charge is 0.507 e. The van der Waals surface area contributed by atoms with Gasteiger partial charge in [-0.25, -0.2) is 0 Å². The molecule has 1 aliphatic heterocycles. The molecule has 15 heteroatoms. The van der Waals surface area contributed by atoms with Gasteiger partial charge in [-0.1, -0.05) is 5.16 Å². The summed E-state index contributed by atoms with van der Waals surface area (Å²) in [5.41, 5.74) is -5.02. The zero-order valence-electron chi connectivity index (χ0n) is 24.8. The van der Waals surface area contributed by atoms with Gasteiger partial charge < -0.3 is 34.6 Å². The summed E-state index contributed by atoms with van der Waals surface area (Å²) in [7, 11) is 1.13. The van der Waals surface area contributed by atoms with Gasteiger partial charge in [-0.2, -0.15) is 0 Å². The number of oxime groups is 1. The van der Waals surface area contributed by atoms with Crippen LogP contribution in [-0.4, -0.2) is 101 Å². The highest BCUT2D eigenvalue weighted by molar-refractivity contribution is 9.10. The molecule has 0 amide bonds. The van der Waals surface area contributed by atoms with Gasteiger partial charge in [-0.05, 0) is 40.4 Å². The fraction of sp³-hybridized carbons (Fsp3) is 0.312. The molecule has 14 nitrogen and oxygen atoms in total. The number of nitrogens with zero attached hydrogens (tertiary/aromatic N) is 2. The molecule has 1 atom stereocenters. The normalized spacial score (nSPS) is 20.7. The number of morpholine rings is 1. The lowest BCUT2D eigenvalue weighted by molar-refractivity contribution is 0.0214. The Hall–Kier alpha value is -4.86. The summed E-state index contributed by atoms with van der Waals surface area (Å²) in [5, 5.41) is 38.0. The van der Waals surface area contributed by atoms with Crippen LogP contribution in [0.3, 0.4) is 0 Å². The number of fused-ring (bicyclic) bond motifs is 5. The van der Waals surface area contributed by atoms with Crippen molar-refractivity contribution in [1.82, 2.24) is 9.88 Å². The van der Waals surface area contributed by atoms with E-state index in [0.29, 0.717) is 36.4 Å². The number of aromatic amines is 1. The molecule has 3 aromatic rings. The van der Waals surface area contributed by atoms with Crippen LogP contribution in [0, 0.1) is 0 Å². The van der Waals surface area contributed by atoms with Crippen molar-refractivity contribution in [2.24, 2.45) is 5.16 Å². The Labute approximate surface area is 273 Å². The molecule has 0 radical (unpaired) electrons. The highest BCUT2D eigenvalue weighted by atomic mass is 79.9. The number of hydrogen-bond acceptors (Lipinski definition) is 13. The minimum Gasteiger partial charge on any atom is -0.507 e. The van der Waals surface area contributed by atoms with Crippen LogP contribution in [0.25, 0.3) is 10.8 Å². The van der Waals surface area contributed by atoms with Gasteiger partial charge in [0, 0.05) is 41.1 Å². The third-order valence-electron chi connectivity index (χ3n) is 9.23. The summed E-state index contributed by atoms with van der Waals surface area (Å²) in [6, 6.07) is 1.55. The zero-order chi connectivity index (χ0) is 33.4. The molecule has 1 saturated heterocycles. The summed E-state index contributed by atoms with van der Waals surface area (Å²) in [4.78, 5) is 77.8. The first-order chi connectivity index (χ1) is 22.5. The van der Waals surface area contributed by atoms with Gasteiger partial charge in [0.1, 0.15) is 29.3 Å². The lowest BCUT2D eigenvalue weighted by Gasteiger charge is -2.25. The lowest BCUT2D eigenvalue weighted by Crippen LogP contribution is -2.38. The molecule has 0 unspecified atom stereocenters. The molecule has 2 heterocycles. The number of rotatable bonds is 6. The molecule has 7 rings (SSSR count). The predicted molar refractivity (Wildman–Crippen MR) is 167 cm³/mol. The van der Waals surface area contributed by atoms with Crippen LogP contribution in [0.1, 0.15) is 64.7 Å². The molecule has 242 valence electrons. The quantitative estimate of drug-likeness (QED) is 0.0958. The second kappa shape index (κ2) is 11.1. The second-order valence-electron chi connectivity index (χ2n) is 11.5. The standard InChI is InChI=1S/C32H26BrN3O11/c1-45-17-11-16(37)19-20(25(17)38)27(40)22-21(26(19)39)29(42)32(30(22)43)3-2-14-23(32)28(41)18-15(24(14)33)10-13(35-31(18)44)12-34-47-9-6-36-4-7-46-8-5-36/h10-12,39-41H,2-9H2,1H3,(H,35,44)/b34-12+/t32-/m0/s1. The van der Waals surface area contributed by atoms with Crippen molar-refractivity contribution < 1.29 is 48.8 Å². The molecule has 2 aromatic carbocycles. The molecular formula is C32H26BrN3O11. The van der Waals surface area contributed by atoms with E-state index in [-0.39, 0.29) is 34.9 Å². The number of carbonyl (C=O) groups is 4. The number of phenolic OH excluding ortho intramolecular Hbond substituents is 3. The number of H-pyrrole nitrogens is 1. The predicted octanol–water partition coefficient (Wildman–Crippen LogP) is 2.26. The fourth-order valence-electron chi connectivity index (χ4n) is 7.01. The summed E-state index contributed by atoms with van der Waals surface area (Å²) in [5.74, 6) is -6.79. The van der Waals surface area contributed by atoms with Crippen molar-refractivity contribution >= 4 is 56.0 Å². The summed E-state index contributed by atoms with van der Waals surface area (Å²) < 4.78 is 10.6. The van der Waals surface area contributed by atoms with Crippen LogP contribution in [0.2, 0.25) is 0 Å². The van der Waals surface area contributed by atoms with E-state index in [1.807, 2.05) is 0 Å².